The molecule has 10 heteroatoms. The summed E-state index contributed by atoms with van der Waals surface area (Å²) in [6.07, 6.45) is 6.48. The molecule has 2 aromatic heterocycles. The highest BCUT2D eigenvalue weighted by Crippen LogP contribution is 2.42. The Balaban J connectivity index is 1.58. The van der Waals surface area contributed by atoms with E-state index in [2.05, 4.69) is 24.1 Å². The Morgan fingerprint density at radius 1 is 1.10 bits per heavy atom. The van der Waals surface area contributed by atoms with E-state index in [0.29, 0.717) is 25.1 Å². The van der Waals surface area contributed by atoms with Crippen LogP contribution >= 0.6 is 0 Å². The van der Waals surface area contributed by atoms with Crippen molar-refractivity contribution < 1.29 is 28.6 Å². The number of carbonyl (C=O) groups is 2. The van der Waals surface area contributed by atoms with Crippen molar-refractivity contribution in [3.8, 4) is 22.4 Å². The van der Waals surface area contributed by atoms with Gasteiger partial charge in [-0.1, -0.05) is 38.1 Å². The van der Waals surface area contributed by atoms with Gasteiger partial charge in [0.05, 0.1) is 35.7 Å². The first-order valence-electron chi connectivity index (χ1n) is 16.8. The molecule has 1 aliphatic heterocycles. The number of amides is 1. The van der Waals surface area contributed by atoms with Crippen LogP contribution in [0.15, 0.2) is 42.5 Å². The number of carboxylic acid groups (broad SMARTS) is 1. The predicted octanol–water partition coefficient (Wildman–Crippen LogP) is 6.64. The number of ether oxygens (including phenoxy) is 2. The first-order valence-corrected chi connectivity index (χ1v) is 16.8. The first kappa shape index (κ1) is 35.3. The van der Waals surface area contributed by atoms with Gasteiger partial charge in [-0.05, 0) is 107 Å². The molecule has 48 heavy (non-hydrogen) atoms. The number of fused-ring (bicyclic) bond motifs is 3. The van der Waals surface area contributed by atoms with Crippen molar-refractivity contribution in [2.45, 2.75) is 90.1 Å². The third kappa shape index (κ3) is 8.53. The fourth-order valence-corrected chi connectivity index (χ4v) is 6.62. The number of hydrogen-bond acceptors (Lipinski definition) is 7. The third-order valence-electron chi connectivity index (χ3n) is 8.68. The van der Waals surface area contributed by atoms with Gasteiger partial charge in [-0.2, -0.15) is 0 Å². The lowest BCUT2D eigenvalue weighted by Crippen LogP contribution is -2.44. The first-order chi connectivity index (χ1) is 22.8. The van der Waals surface area contributed by atoms with Crippen LogP contribution in [0.5, 0.6) is 0 Å². The number of halogens is 1. The Morgan fingerprint density at radius 3 is 2.54 bits per heavy atom. The van der Waals surface area contributed by atoms with Crippen LogP contribution in [0.4, 0.5) is 4.39 Å². The van der Waals surface area contributed by atoms with E-state index in [0.717, 1.165) is 70.7 Å². The number of aliphatic carboxylic acids is 1. The Kier molecular flexibility index (Phi) is 11.1. The molecule has 1 fully saturated rings. The van der Waals surface area contributed by atoms with Gasteiger partial charge in [0.2, 0.25) is 0 Å². The highest BCUT2D eigenvalue weighted by atomic mass is 19.1. The van der Waals surface area contributed by atoms with Crippen molar-refractivity contribution in [1.29, 1.82) is 0 Å². The van der Waals surface area contributed by atoms with Gasteiger partial charge >= 0.3 is 5.97 Å². The zero-order chi connectivity index (χ0) is 34.6. The van der Waals surface area contributed by atoms with Crippen molar-refractivity contribution in [2.75, 3.05) is 27.2 Å². The molecule has 256 valence electrons. The summed E-state index contributed by atoms with van der Waals surface area (Å²) < 4.78 is 26.3. The molecular weight excluding hydrogens is 611 g/mol. The van der Waals surface area contributed by atoms with E-state index in [-0.39, 0.29) is 30.2 Å². The minimum absolute atomic E-state index is 0.0350. The van der Waals surface area contributed by atoms with Crippen molar-refractivity contribution in [1.82, 2.24) is 20.2 Å². The number of carboxylic acids is 1. The number of carbonyl (C=O) groups excluding carboxylic acids is 1. The maximum absolute atomic E-state index is 14.2. The van der Waals surface area contributed by atoms with Gasteiger partial charge in [-0.3, -0.25) is 14.6 Å². The van der Waals surface area contributed by atoms with Crippen LogP contribution in [0.2, 0.25) is 0 Å². The summed E-state index contributed by atoms with van der Waals surface area (Å²) in [5.41, 5.74) is 7.65. The molecule has 1 amide bonds. The molecule has 9 nitrogen and oxygen atoms in total. The second kappa shape index (κ2) is 15.1. The quantitative estimate of drug-likeness (QED) is 0.221. The maximum atomic E-state index is 14.2. The number of aromatic nitrogens is 2. The third-order valence-corrected chi connectivity index (χ3v) is 8.68. The smallest absolute Gasteiger partial charge is 0.305 e. The van der Waals surface area contributed by atoms with Crippen molar-refractivity contribution in [3.63, 3.8) is 0 Å². The largest absolute Gasteiger partial charge is 0.481 e. The van der Waals surface area contributed by atoms with E-state index in [4.69, 9.17) is 19.4 Å². The average Bonchev–Trinajstić information content (AvgIpc) is 3.19. The van der Waals surface area contributed by atoms with Crippen molar-refractivity contribution >= 4 is 18.0 Å². The monoisotopic (exact) mass is 658 g/mol. The summed E-state index contributed by atoms with van der Waals surface area (Å²) in [7, 11) is 4.01. The van der Waals surface area contributed by atoms with E-state index >= 15 is 0 Å². The molecule has 1 aromatic carbocycles. The molecular formula is C38H47FN4O5. The van der Waals surface area contributed by atoms with E-state index in [1.807, 2.05) is 32.3 Å². The molecule has 3 aromatic rings. The number of nitrogens with one attached hydrogen (secondary N) is 1. The van der Waals surface area contributed by atoms with Gasteiger partial charge in [-0.15, -0.1) is 0 Å². The van der Waals surface area contributed by atoms with Gasteiger partial charge in [0.1, 0.15) is 11.5 Å². The molecule has 5 rings (SSSR count). The lowest BCUT2D eigenvalue weighted by atomic mass is 9.86. The van der Waals surface area contributed by atoms with E-state index in [1.54, 1.807) is 32.0 Å². The second-order valence-electron chi connectivity index (χ2n) is 13.7. The van der Waals surface area contributed by atoms with Crippen molar-refractivity contribution in [3.05, 3.63) is 76.5 Å². The van der Waals surface area contributed by atoms with Crippen LogP contribution in [-0.2, 0) is 27.1 Å². The van der Waals surface area contributed by atoms with Crippen LogP contribution in [0.3, 0.4) is 0 Å². The Morgan fingerprint density at radius 2 is 1.85 bits per heavy atom. The van der Waals surface area contributed by atoms with Gasteiger partial charge in [0.25, 0.3) is 5.91 Å². The minimum atomic E-state index is -0.946. The molecule has 0 unspecified atom stereocenters. The summed E-state index contributed by atoms with van der Waals surface area (Å²) in [5.74, 6) is -2.33. The number of pyridine rings is 2. The van der Waals surface area contributed by atoms with E-state index in [1.165, 1.54) is 12.1 Å². The summed E-state index contributed by atoms with van der Waals surface area (Å²) in [4.78, 5) is 36.7. The van der Waals surface area contributed by atoms with Gasteiger partial charge in [0.15, 0.2) is 5.79 Å². The Bertz CT molecular complexity index is 1670. The van der Waals surface area contributed by atoms with Crippen molar-refractivity contribution in [2.24, 2.45) is 0 Å². The molecule has 3 heterocycles. The molecule has 2 N–H and O–H groups in total. The lowest BCUT2D eigenvalue weighted by Gasteiger charge is -2.39. The standard InChI is InChI=1S/C38H47FN4O5/c1-23(2)35-30(16-15-26-21-27(22-33(44)45)48-38(3,4)47-26)34(24-11-13-25(39)14-12-24)29-9-7-10-31-28(36(29)42-35)17-18-32(41-31)37(46)40-19-8-20-43(5)6/h11-18,23,26-27H,7-10,19-22H2,1-6H3,(H,40,46)(H,44,45)/b16-15+/t26-,27-/m1/s1. The second-order valence-corrected chi connectivity index (χ2v) is 13.7. The summed E-state index contributed by atoms with van der Waals surface area (Å²) in [6.45, 7) is 9.24. The number of rotatable bonds is 11. The molecule has 0 saturated carbocycles. The minimum Gasteiger partial charge on any atom is -0.481 e. The number of hydrogen-bond donors (Lipinski definition) is 2. The topological polar surface area (TPSA) is 114 Å². The van der Waals surface area contributed by atoms with Crippen LogP contribution in [0, 0.1) is 5.82 Å². The molecule has 2 aliphatic rings. The summed E-state index contributed by atoms with van der Waals surface area (Å²) >= 11 is 0. The number of aryl methyl sites for hydroxylation is 1. The van der Waals surface area contributed by atoms with E-state index in [9.17, 15) is 19.1 Å². The zero-order valence-corrected chi connectivity index (χ0v) is 28.8. The van der Waals surface area contributed by atoms with Gasteiger partial charge in [0, 0.05) is 24.1 Å². The van der Waals surface area contributed by atoms with Gasteiger partial charge < -0.3 is 24.8 Å². The number of nitrogens with zero attached hydrogens (tertiary/aromatic N) is 3. The zero-order valence-electron chi connectivity index (χ0n) is 28.8. The SMILES string of the molecule is CC(C)c1nc2c(c(-c3ccc(F)cc3)c1/C=C/[C@@H]1C[C@H](CC(=O)O)OC(C)(C)O1)CCCc1nc(C(=O)NCCCN(C)C)ccc1-2. The molecule has 0 radical (unpaired) electrons. The summed E-state index contributed by atoms with van der Waals surface area (Å²) in [6, 6.07) is 10.3. The average molecular weight is 659 g/mol. The Labute approximate surface area is 282 Å². The predicted molar refractivity (Wildman–Crippen MR) is 184 cm³/mol. The van der Waals surface area contributed by atoms with Gasteiger partial charge in [-0.25, -0.2) is 9.37 Å². The van der Waals surface area contributed by atoms with Crippen LogP contribution in [0.1, 0.15) is 92.3 Å². The summed E-state index contributed by atoms with van der Waals surface area (Å²) in [5, 5.41) is 12.4. The molecule has 0 bridgehead atoms. The fraction of sp³-hybridized carbons (Fsp3) is 0.474. The van der Waals surface area contributed by atoms with Crippen LogP contribution in [0.25, 0.3) is 28.5 Å². The molecule has 0 spiro atoms. The molecule has 1 aliphatic carbocycles. The molecule has 2 atom stereocenters. The lowest BCUT2D eigenvalue weighted by molar-refractivity contribution is -0.290. The fourth-order valence-electron chi connectivity index (χ4n) is 6.62. The highest BCUT2D eigenvalue weighted by molar-refractivity contribution is 5.93. The molecule has 1 saturated heterocycles. The van der Waals surface area contributed by atoms with E-state index < -0.39 is 17.9 Å². The normalized spacial score (nSPS) is 18.9. The Hall–Kier alpha value is -3.99. The maximum Gasteiger partial charge on any atom is 0.305 e. The van der Waals surface area contributed by atoms with Crippen LogP contribution < -0.4 is 5.32 Å². The highest BCUT2D eigenvalue weighted by Gasteiger charge is 2.35. The number of benzene rings is 1. The van der Waals surface area contributed by atoms with Crippen LogP contribution in [-0.4, -0.2) is 77.0 Å².